The number of nitrogens with zero attached hydrogens (tertiary/aromatic N) is 2. The summed E-state index contributed by atoms with van der Waals surface area (Å²) in [7, 11) is 2.11. The molecule has 4 rings (SSSR count). The van der Waals surface area contributed by atoms with E-state index in [-0.39, 0.29) is 5.54 Å². The third-order valence-electron chi connectivity index (χ3n) is 4.70. The van der Waals surface area contributed by atoms with Crippen molar-refractivity contribution < 1.29 is 0 Å². The molecule has 3 saturated heterocycles. The van der Waals surface area contributed by atoms with Gasteiger partial charge >= 0.3 is 0 Å². The average molecular weight is 265 g/mol. The molecule has 1 unspecified atom stereocenters. The number of aromatic nitrogens is 1. The van der Waals surface area contributed by atoms with Gasteiger partial charge < -0.3 is 10.2 Å². The van der Waals surface area contributed by atoms with Crippen molar-refractivity contribution in [3.63, 3.8) is 0 Å². The van der Waals surface area contributed by atoms with Crippen molar-refractivity contribution in [1.29, 1.82) is 0 Å². The molecule has 0 amide bonds. The van der Waals surface area contributed by atoms with Gasteiger partial charge in [0.05, 0.1) is 11.2 Å². The maximum atomic E-state index is 4.92. The normalized spacial score (nSPS) is 35.3. The van der Waals surface area contributed by atoms with Crippen LogP contribution in [0.25, 0.3) is 0 Å². The van der Waals surface area contributed by atoms with Gasteiger partial charge in [0.1, 0.15) is 5.01 Å². The third kappa shape index (κ3) is 1.82. The fraction of sp³-hybridized carbons (Fsp3) is 0.786. The molecule has 0 saturated carbocycles. The number of piperidine rings is 3. The van der Waals surface area contributed by atoms with E-state index in [1.807, 2.05) is 11.3 Å². The zero-order chi connectivity index (χ0) is 12.8. The molecule has 0 radical (unpaired) electrons. The summed E-state index contributed by atoms with van der Waals surface area (Å²) in [6, 6.07) is 0. The van der Waals surface area contributed by atoms with E-state index in [9.17, 15) is 0 Å². The number of nitrogens with one attached hydrogen (secondary N) is 1. The molecule has 18 heavy (non-hydrogen) atoms. The molecule has 1 aromatic rings. The first-order valence-corrected chi connectivity index (χ1v) is 7.91. The lowest BCUT2D eigenvalue weighted by Crippen LogP contribution is -2.62. The molecule has 0 aliphatic carbocycles. The summed E-state index contributed by atoms with van der Waals surface area (Å²) in [5, 5.41) is 7.18. The molecular formula is C14H23N3S. The molecule has 1 aromatic heterocycles. The molecule has 0 aromatic carbocycles. The number of rotatable bonds is 3. The maximum Gasteiger partial charge on any atom is 0.115 e. The van der Waals surface area contributed by atoms with Gasteiger partial charge in [0.25, 0.3) is 0 Å². The van der Waals surface area contributed by atoms with Gasteiger partial charge in [-0.3, -0.25) is 0 Å². The zero-order valence-corrected chi connectivity index (χ0v) is 12.4. The Morgan fingerprint density at radius 3 is 2.61 bits per heavy atom. The molecule has 3 fully saturated rings. The molecule has 4 heterocycles. The maximum absolute atomic E-state index is 4.92. The van der Waals surface area contributed by atoms with Gasteiger partial charge in [0, 0.05) is 11.9 Å². The van der Waals surface area contributed by atoms with Gasteiger partial charge in [-0.05, 0) is 44.8 Å². The predicted molar refractivity (Wildman–Crippen MR) is 76.1 cm³/mol. The van der Waals surface area contributed by atoms with Crippen molar-refractivity contribution in [2.45, 2.75) is 38.1 Å². The SMILES string of the molecule is CNC1(c2nc(C(C)C)cs2)CN2CCC1CC2. The van der Waals surface area contributed by atoms with E-state index in [1.165, 1.54) is 36.6 Å². The first kappa shape index (κ1) is 12.6. The first-order valence-electron chi connectivity index (χ1n) is 7.03. The van der Waals surface area contributed by atoms with Crippen LogP contribution in [-0.4, -0.2) is 36.6 Å². The fourth-order valence-electron chi connectivity index (χ4n) is 3.45. The Hall–Kier alpha value is -0.450. The average Bonchev–Trinajstić information content (AvgIpc) is 2.90. The van der Waals surface area contributed by atoms with Gasteiger partial charge in [-0.2, -0.15) is 0 Å². The molecule has 2 bridgehead atoms. The van der Waals surface area contributed by atoms with Gasteiger partial charge in [-0.15, -0.1) is 11.3 Å². The Bertz CT molecular complexity index is 420. The number of hydrogen-bond donors (Lipinski definition) is 1. The Morgan fingerprint density at radius 2 is 2.17 bits per heavy atom. The van der Waals surface area contributed by atoms with Crippen molar-refractivity contribution in [3.05, 3.63) is 16.1 Å². The summed E-state index contributed by atoms with van der Waals surface area (Å²) < 4.78 is 0. The van der Waals surface area contributed by atoms with E-state index in [0.717, 1.165) is 12.5 Å². The summed E-state index contributed by atoms with van der Waals surface area (Å²) in [6.07, 6.45) is 2.63. The molecule has 4 heteroatoms. The minimum absolute atomic E-state index is 0.119. The van der Waals surface area contributed by atoms with Crippen molar-refractivity contribution in [1.82, 2.24) is 15.2 Å². The number of likely N-dealkylation sites (N-methyl/N-ethyl adjacent to an activating group) is 1. The minimum atomic E-state index is 0.119. The third-order valence-corrected chi connectivity index (χ3v) is 5.74. The van der Waals surface area contributed by atoms with E-state index in [2.05, 4.69) is 36.5 Å². The smallest absolute Gasteiger partial charge is 0.115 e. The van der Waals surface area contributed by atoms with Crippen LogP contribution in [0, 0.1) is 5.92 Å². The highest BCUT2D eigenvalue weighted by Gasteiger charge is 2.48. The Kier molecular flexibility index (Phi) is 3.20. The van der Waals surface area contributed by atoms with E-state index in [1.54, 1.807) is 0 Å². The summed E-state index contributed by atoms with van der Waals surface area (Å²) >= 11 is 1.85. The van der Waals surface area contributed by atoms with Crippen LogP contribution in [0.4, 0.5) is 0 Å². The summed E-state index contributed by atoms with van der Waals surface area (Å²) in [4.78, 5) is 7.51. The number of thiazole rings is 1. The standard InChI is InChI=1S/C14H23N3S/c1-10(2)12-8-18-13(16-12)14(15-3)9-17-6-4-11(14)5-7-17/h8,10-11,15H,4-7,9H2,1-3H3. The van der Waals surface area contributed by atoms with E-state index >= 15 is 0 Å². The molecule has 1 N–H and O–H groups in total. The fourth-order valence-corrected chi connectivity index (χ4v) is 4.71. The van der Waals surface area contributed by atoms with Gasteiger partial charge in [0.2, 0.25) is 0 Å². The summed E-state index contributed by atoms with van der Waals surface area (Å²) in [5.41, 5.74) is 1.37. The van der Waals surface area contributed by atoms with E-state index in [0.29, 0.717) is 5.92 Å². The van der Waals surface area contributed by atoms with Crippen LogP contribution in [0.5, 0.6) is 0 Å². The highest BCUT2D eigenvalue weighted by atomic mass is 32.1. The highest BCUT2D eigenvalue weighted by molar-refractivity contribution is 7.09. The second kappa shape index (κ2) is 4.58. The monoisotopic (exact) mass is 265 g/mol. The van der Waals surface area contributed by atoms with Crippen LogP contribution in [0.3, 0.4) is 0 Å². The predicted octanol–water partition coefficient (Wildman–Crippen LogP) is 2.41. The molecule has 3 aliphatic heterocycles. The highest BCUT2D eigenvalue weighted by Crippen LogP contribution is 2.43. The van der Waals surface area contributed by atoms with Crippen LogP contribution >= 0.6 is 11.3 Å². The first-order chi connectivity index (χ1) is 8.65. The van der Waals surface area contributed by atoms with Crippen LogP contribution in [0.2, 0.25) is 0 Å². The van der Waals surface area contributed by atoms with Crippen LogP contribution in [-0.2, 0) is 5.54 Å². The quantitative estimate of drug-likeness (QED) is 0.909. The van der Waals surface area contributed by atoms with Gasteiger partial charge in [0.15, 0.2) is 0 Å². The molecule has 3 aliphatic rings. The largest absolute Gasteiger partial charge is 0.307 e. The zero-order valence-electron chi connectivity index (χ0n) is 11.6. The lowest BCUT2D eigenvalue weighted by atomic mass is 9.73. The summed E-state index contributed by atoms with van der Waals surface area (Å²) in [5.74, 6) is 1.30. The Labute approximate surface area is 114 Å². The minimum Gasteiger partial charge on any atom is -0.307 e. The summed E-state index contributed by atoms with van der Waals surface area (Å²) in [6.45, 7) is 8.13. The number of hydrogen-bond acceptors (Lipinski definition) is 4. The van der Waals surface area contributed by atoms with E-state index < -0.39 is 0 Å². The number of fused-ring (bicyclic) bond motifs is 3. The lowest BCUT2D eigenvalue weighted by Gasteiger charge is -2.52. The molecule has 1 atom stereocenters. The van der Waals surface area contributed by atoms with Crippen LogP contribution in [0.1, 0.15) is 43.3 Å². The topological polar surface area (TPSA) is 28.2 Å². The Balaban J connectivity index is 1.95. The van der Waals surface area contributed by atoms with Crippen molar-refractivity contribution in [2.75, 3.05) is 26.7 Å². The Morgan fingerprint density at radius 1 is 1.44 bits per heavy atom. The second-order valence-corrected chi connectivity index (χ2v) is 6.86. The molecular weight excluding hydrogens is 242 g/mol. The van der Waals surface area contributed by atoms with Gasteiger partial charge in [-0.1, -0.05) is 13.8 Å². The van der Waals surface area contributed by atoms with Crippen molar-refractivity contribution in [2.24, 2.45) is 5.92 Å². The van der Waals surface area contributed by atoms with Crippen LogP contribution < -0.4 is 5.32 Å². The lowest BCUT2D eigenvalue weighted by molar-refractivity contribution is 0.00742. The van der Waals surface area contributed by atoms with Crippen LogP contribution in [0.15, 0.2) is 5.38 Å². The van der Waals surface area contributed by atoms with Crippen molar-refractivity contribution >= 4 is 11.3 Å². The molecule has 3 nitrogen and oxygen atoms in total. The molecule has 100 valence electrons. The van der Waals surface area contributed by atoms with Crippen molar-refractivity contribution in [3.8, 4) is 0 Å². The van der Waals surface area contributed by atoms with Gasteiger partial charge in [-0.25, -0.2) is 4.98 Å². The second-order valence-electron chi connectivity index (χ2n) is 6.00. The molecule has 0 spiro atoms. The van der Waals surface area contributed by atoms with E-state index in [4.69, 9.17) is 4.98 Å².